The Labute approximate surface area is 180 Å². The summed E-state index contributed by atoms with van der Waals surface area (Å²) in [4.78, 5) is 23.8. The highest BCUT2D eigenvalue weighted by molar-refractivity contribution is 7.99. The number of hydrogen-bond acceptors (Lipinski definition) is 7. The summed E-state index contributed by atoms with van der Waals surface area (Å²) in [6, 6.07) is 6.27. The van der Waals surface area contributed by atoms with Gasteiger partial charge in [-0.15, -0.1) is 5.10 Å². The normalized spacial score (nSPS) is 14.9. The first-order valence-corrected chi connectivity index (χ1v) is 11.2. The van der Waals surface area contributed by atoms with Crippen LogP contribution < -0.4 is 11.1 Å². The van der Waals surface area contributed by atoms with Gasteiger partial charge in [0.1, 0.15) is 0 Å². The van der Waals surface area contributed by atoms with E-state index in [-0.39, 0.29) is 18.3 Å². The van der Waals surface area contributed by atoms with Crippen LogP contribution in [0.5, 0.6) is 0 Å². The van der Waals surface area contributed by atoms with Crippen LogP contribution >= 0.6 is 11.8 Å². The fourth-order valence-corrected chi connectivity index (χ4v) is 4.80. The van der Waals surface area contributed by atoms with Gasteiger partial charge in [-0.3, -0.25) is 9.69 Å². The lowest BCUT2D eigenvalue weighted by atomic mass is 10.1. The Morgan fingerprint density at radius 1 is 1.20 bits per heavy atom. The van der Waals surface area contributed by atoms with Crippen molar-refractivity contribution in [3.63, 3.8) is 0 Å². The number of aromatic nitrogens is 4. The Hall–Kier alpha value is -2.65. The second-order valence-corrected chi connectivity index (χ2v) is 8.93. The summed E-state index contributed by atoms with van der Waals surface area (Å²) in [6.07, 6.45) is 0.215. The van der Waals surface area contributed by atoms with Gasteiger partial charge in [0.15, 0.2) is 0 Å². The van der Waals surface area contributed by atoms with Crippen LogP contribution in [0.1, 0.15) is 28.1 Å². The number of aryl methyl sites for hydroxylation is 3. The van der Waals surface area contributed by atoms with Crippen molar-refractivity contribution in [2.24, 2.45) is 0 Å². The van der Waals surface area contributed by atoms with Crippen molar-refractivity contribution in [2.75, 3.05) is 35.6 Å². The molecule has 0 radical (unpaired) electrons. The quantitative estimate of drug-likeness (QED) is 0.647. The molecular formula is C21H27N7OS. The van der Waals surface area contributed by atoms with Crippen molar-refractivity contribution in [1.82, 2.24) is 24.5 Å². The third-order valence-electron chi connectivity index (χ3n) is 5.48. The van der Waals surface area contributed by atoms with Crippen LogP contribution in [0.2, 0.25) is 0 Å². The molecule has 1 amide bonds. The largest absolute Gasteiger partial charge is 0.366 e. The van der Waals surface area contributed by atoms with Crippen molar-refractivity contribution in [3.05, 3.63) is 46.3 Å². The van der Waals surface area contributed by atoms with Gasteiger partial charge in [0.05, 0.1) is 6.42 Å². The van der Waals surface area contributed by atoms with E-state index in [0.717, 1.165) is 47.8 Å². The molecule has 1 saturated heterocycles. The van der Waals surface area contributed by atoms with E-state index in [1.54, 1.807) is 4.52 Å². The van der Waals surface area contributed by atoms with Crippen LogP contribution in [0.4, 0.5) is 11.6 Å². The van der Waals surface area contributed by atoms with E-state index >= 15 is 0 Å². The molecule has 0 saturated carbocycles. The summed E-state index contributed by atoms with van der Waals surface area (Å²) in [5.41, 5.74) is 11.3. The standard InChI is InChI=1S/C21H27N7OS/c1-13-10-16(12-27-6-8-30-9-7-27)4-5-18(13)24-19(29)11-17-14(2)23-21-25-20(22)26-28(21)15(17)3/h4-5,10H,6-9,11-12H2,1-3H3,(H2,22,26)(H,24,29). The monoisotopic (exact) mass is 425 g/mol. The van der Waals surface area contributed by atoms with E-state index in [1.807, 2.05) is 38.6 Å². The Balaban J connectivity index is 1.45. The zero-order valence-corrected chi connectivity index (χ0v) is 18.4. The molecule has 158 valence electrons. The van der Waals surface area contributed by atoms with Crippen LogP contribution in [-0.2, 0) is 17.8 Å². The van der Waals surface area contributed by atoms with E-state index in [1.165, 1.54) is 17.1 Å². The summed E-state index contributed by atoms with van der Waals surface area (Å²) < 4.78 is 1.59. The number of thioether (sulfide) groups is 1. The van der Waals surface area contributed by atoms with Crippen LogP contribution in [0.3, 0.4) is 0 Å². The van der Waals surface area contributed by atoms with Gasteiger partial charge >= 0.3 is 0 Å². The van der Waals surface area contributed by atoms with Gasteiger partial charge in [0.25, 0.3) is 5.78 Å². The van der Waals surface area contributed by atoms with Gasteiger partial charge in [0, 0.05) is 53.8 Å². The van der Waals surface area contributed by atoms with Crippen molar-refractivity contribution in [1.29, 1.82) is 0 Å². The molecule has 1 aliphatic heterocycles. The number of carbonyl (C=O) groups excluding carboxylic acids is 1. The Morgan fingerprint density at radius 2 is 1.97 bits per heavy atom. The SMILES string of the molecule is Cc1cc(CN2CCSCC2)ccc1NC(=O)Cc1c(C)nc2nc(N)nn2c1C. The topological polar surface area (TPSA) is 101 Å². The molecule has 0 bridgehead atoms. The summed E-state index contributed by atoms with van der Waals surface area (Å²) in [6.45, 7) is 9.04. The maximum absolute atomic E-state index is 12.8. The van der Waals surface area contributed by atoms with Gasteiger partial charge in [-0.2, -0.15) is 21.3 Å². The molecule has 3 aromatic rings. The summed E-state index contributed by atoms with van der Waals surface area (Å²) >= 11 is 2.02. The second kappa shape index (κ2) is 8.61. The fraction of sp³-hybridized carbons (Fsp3) is 0.429. The maximum atomic E-state index is 12.8. The Bertz CT molecular complexity index is 1090. The summed E-state index contributed by atoms with van der Waals surface area (Å²) in [7, 11) is 0. The number of fused-ring (bicyclic) bond motifs is 1. The summed E-state index contributed by atoms with van der Waals surface area (Å²) in [5, 5.41) is 7.20. The molecule has 30 heavy (non-hydrogen) atoms. The number of nitrogens with two attached hydrogens (primary N) is 1. The van der Waals surface area contributed by atoms with E-state index in [9.17, 15) is 4.79 Å². The van der Waals surface area contributed by atoms with Gasteiger partial charge in [-0.05, 0) is 38.0 Å². The molecule has 1 fully saturated rings. The third kappa shape index (κ3) is 4.41. The minimum atomic E-state index is -0.0839. The molecule has 3 heterocycles. The molecule has 1 aliphatic rings. The Kier molecular flexibility index (Phi) is 5.92. The molecule has 1 aromatic carbocycles. The van der Waals surface area contributed by atoms with E-state index in [0.29, 0.717) is 5.78 Å². The first kappa shape index (κ1) is 20.6. The molecule has 3 N–H and O–H groups in total. The number of hydrogen-bond donors (Lipinski definition) is 2. The lowest BCUT2D eigenvalue weighted by Crippen LogP contribution is -2.31. The molecule has 0 spiro atoms. The number of rotatable bonds is 5. The highest BCUT2D eigenvalue weighted by Crippen LogP contribution is 2.21. The third-order valence-corrected chi connectivity index (χ3v) is 6.42. The first-order chi connectivity index (χ1) is 14.4. The zero-order chi connectivity index (χ0) is 21.3. The summed E-state index contributed by atoms with van der Waals surface area (Å²) in [5.74, 6) is 2.94. The molecule has 0 aliphatic carbocycles. The number of nitrogens with zero attached hydrogens (tertiary/aromatic N) is 5. The average Bonchev–Trinajstić information content (AvgIpc) is 3.08. The number of nitrogens with one attached hydrogen (secondary N) is 1. The zero-order valence-electron chi connectivity index (χ0n) is 17.6. The molecule has 4 rings (SSSR count). The lowest BCUT2D eigenvalue weighted by Gasteiger charge is -2.26. The van der Waals surface area contributed by atoms with Crippen molar-refractivity contribution < 1.29 is 4.79 Å². The first-order valence-electron chi connectivity index (χ1n) is 10.1. The van der Waals surface area contributed by atoms with Gasteiger partial charge in [0.2, 0.25) is 11.9 Å². The molecule has 0 atom stereocenters. The minimum absolute atomic E-state index is 0.0839. The van der Waals surface area contributed by atoms with E-state index in [4.69, 9.17) is 5.73 Å². The minimum Gasteiger partial charge on any atom is -0.366 e. The molecule has 8 nitrogen and oxygen atoms in total. The van der Waals surface area contributed by atoms with Gasteiger partial charge < -0.3 is 11.1 Å². The van der Waals surface area contributed by atoms with Crippen LogP contribution in [0, 0.1) is 20.8 Å². The number of anilines is 2. The molecule has 2 aromatic heterocycles. The molecule has 9 heteroatoms. The number of benzene rings is 1. The van der Waals surface area contributed by atoms with Crippen LogP contribution in [-0.4, -0.2) is 55.0 Å². The van der Waals surface area contributed by atoms with Crippen LogP contribution in [0.25, 0.3) is 5.78 Å². The molecule has 0 unspecified atom stereocenters. The van der Waals surface area contributed by atoms with Crippen LogP contribution in [0.15, 0.2) is 18.2 Å². The maximum Gasteiger partial charge on any atom is 0.254 e. The Morgan fingerprint density at radius 3 is 2.70 bits per heavy atom. The fourth-order valence-electron chi connectivity index (χ4n) is 3.82. The lowest BCUT2D eigenvalue weighted by molar-refractivity contribution is -0.115. The van der Waals surface area contributed by atoms with E-state index in [2.05, 4.69) is 37.4 Å². The molecular weight excluding hydrogens is 398 g/mol. The highest BCUT2D eigenvalue weighted by Gasteiger charge is 2.16. The van der Waals surface area contributed by atoms with Crippen molar-refractivity contribution in [3.8, 4) is 0 Å². The second-order valence-electron chi connectivity index (χ2n) is 7.71. The van der Waals surface area contributed by atoms with Crippen molar-refractivity contribution >= 4 is 35.1 Å². The average molecular weight is 426 g/mol. The number of amides is 1. The highest BCUT2D eigenvalue weighted by atomic mass is 32.2. The van der Waals surface area contributed by atoms with Gasteiger partial charge in [-0.1, -0.05) is 12.1 Å². The number of carbonyl (C=O) groups is 1. The van der Waals surface area contributed by atoms with Crippen molar-refractivity contribution in [2.45, 2.75) is 33.7 Å². The van der Waals surface area contributed by atoms with E-state index < -0.39 is 0 Å². The van der Waals surface area contributed by atoms with Gasteiger partial charge in [-0.25, -0.2) is 4.98 Å². The smallest absolute Gasteiger partial charge is 0.254 e. The predicted molar refractivity (Wildman–Crippen MR) is 121 cm³/mol. The predicted octanol–water partition coefficient (Wildman–Crippen LogP) is 2.36. The number of nitrogen functional groups attached to an aromatic ring is 1.